The van der Waals surface area contributed by atoms with E-state index in [1.54, 1.807) is 24.4 Å². The molecule has 0 aliphatic heterocycles. The molecular weight excluding hydrogens is 270 g/mol. The highest BCUT2D eigenvalue weighted by atomic mass is 16.5. The third kappa shape index (κ3) is 3.62. The second-order valence-electron chi connectivity index (χ2n) is 4.39. The highest BCUT2D eigenvalue weighted by Gasteiger charge is 2.10. The van der Waals surface area contributed by atoms with E-state index >= 15 is 0 Å². The molecule has 0 fully saturated rings. The Labute approximate surface area is 122 Å². The molecule has 0 saturated carbocycles. The third-order valence-electron chi connectivity index (χ3n) is 3.00. The van der Waals surface area contributed by atoms with Crippen LogP contribution in [0.5, 0.6) is 5.75 Å². The van der Waals surface area contributed by atoms with Crippen molar-refractivity contribution in [2.75, 3.05) is 18.2 Å². The van der Waals surface area contributed by atoms with Crippen molar-refractivity contribution in [1.82, 2.24) is 4.98 Å². The van der Waals surface area contributed by atoms with Gasteiger partial charge in [0, 0.05) is 11.8 Å². The first kappa shape index (κ1) is 14.6. The monoisotopic (exact) mass is 287 g/mol. The molecule has 0 aliphatic rings. The second-order valence-corrected chi connectivity index (χ2v) is 4.39. The average Bonchev–Trinajstić information content (AvgIpc) is 2.48. The Kier molecular flexibility index (Phi) is 4.61. The molecule has 0 unspecified atom stereocenters. The van der Waals surface area contributed by atoms with Crippen LogP contribution >= 0.6 is 0 Å². The first-order chi connectivity index (χ1) is 10.1. The zero-order valence-electron chi connectivity index (χ0n) is 11.9. The van der Waals surface area contributed by atoms with E-state index in [2.05, 4.69) is 15.0 Å². The summed E-state index contributed by atoms with van der Waals surface area (Å²) in [6.45, 7) is 2.20. The van der Waals surface area contributed by atoms with Gasteiger partial charge in [0.15, 0.2) is 11.6 Å². The fourth-order valence-electron chi connectivity index (χ4n) is 1.85. The maximum atomic E-state index is 11.4. The maximum absolute atomic E-state index is 11.4. The molecule has 1 aromatic heterocycles. The summed E-state index contributed by atoms with van der Waals surface area (Å²) in [5, 5.41) is 2.66. The number of rotatable bonds is 4. The molecule has 0 atom stereocenters. The van der Waals surface area contributed by atoms with Gasteiger partial charge in [-0.15, -0.1) is 0 Å². The number of carbonyl (C=O) groups is 1. The SMILES string of the molecule is COC(=O)Nc1cccc(C)c1COc1cccnc1N. The van der Waals surface area contributed by atoms with Crippen LogP contribution < -0.4 is 15.8 Å². The van der Waals surface area contributed by atoms with Crippen molar-refractivity contribution >= 4 is 17.6 Å². The Balaban J connectivity index is 2.19. The number of methoxy groups -OCH3 is 1. The summed E-state index contributed by atoms with van der Waals surface area (Å²) in [5.41, 5.74) is 8.23. The van der Waals surface area contributed by atoms with Crippen LogP contribution in [0.2, 0.25) is 0 Å². The zero-order valence-corrected chi connectivity index (χ0v) is 11.9. The van der Waals surface area contributed by atoms with Gasteiger partial charge in [-0.1, -0.05) is 12.1 Å². The van der Waals surface area contributed by atoms with E-state index in [-0.39, 0.29) is 6.61 Å². The Morgan fingerprint density at radius 1 is 1.33 bits per heavy atom. The summed E-state index contributed by atoms with van der Waals surface area (Å²) in [4.78, 5) is 15.3. The van der Waals surface area contributed by atoms with E-state index in [4.69, 9.17) is 10.5 Å². The smallest absolute Gasteiger partial charge is 0.411 e. The van der Waals surface area contributed by atoms with Crippen LogP contribution in [-0.2, 0) is 11.3 Å². The van der Waals surface area contributed by atoms with Crippen LogP contribution in [0, 0.1) is 6.92 Å². The van der Waals surface area contributed by atoms with Gasteiger partial charge in [0.25, 0.3) is 0 Å². The Morgan fingerprint density at radius 2 is 2.14 bits per heavy atom. The Bertz CT molecular complexity index is 644. The number of pyridine rings is 1. The molecule has 110 valence electrons. The molecule has 21 heavy (non-hydrogen) atoms. The van der Waals surface area contributed by atoms with Crippen LogP contribution in [0.25, 0.3) is 0 Å². The van der Waals surface area contributed by atoms with Crippen molar-refractivity contribution in [2.45, 2.75) is 13.5 Å². The van der Waals surface area contributed by atoms with Crippen molar-refractivity contribution in [3.63, 3.8) is 0 Å². The largest absolute Gasteiger partial charge is 0.485 e. The van der Waals surface area contributed by atoms with Crippen LogP contribution in [0.3, 0.4) is 0 Å². The van der Waals surface area contributed by atoms with E-state index in [0.717, 1.165) is 11.1 Å². The Hall–Kier alpha value is -2.76. The molecule has 6 nitrogen and oxygen atoms in total. The lowest BCUT2D eigenvalue weighted by molar-refractivity contribution is 0.187. The number of nitrogens with zero attached hydrogens (tertiary/aromatic N) is 1. The van der Waals surface area contributed by atoms with Gasteiger partial charge in [-0.3, -0.25) is 5.32 Å². The third-order valence-corrected chi connectivity index (χ3v) is 3.00. The van der Waals surface area contributed by atoms with E-state index in [1.807, 2.05) is 19.1 Å². The van der Waals surface area contributed by atoms with Gasteiger partial charge in [-0.2, -0.15) is 0 Å². The van der Waals surface area contributed by atoms with E-state index in [1.165, 1.54) is 7.11 Å². The van der Waals surface area contributed by atoms with Gasteiger partial charge >= 0.3 is 6.09 Å². The lowest BCUT2D eigenvalue weighted by Gasteiger charge is -2.14. The van der Waals surface area contributed by atoms with E-state index in [0.29, 0.717) is 17.3 Å². The van der Waals surface area contributed by atoms with Gasteiger partial charge < -0.3 is 15.2 Å². The van der Waals surface area contributed by atoms with Gasteiger partial charge in [0.05, 0.1) is 12.8 Å². The number of nitrogens with two attached hydrogens (primary N) is 1. The molecule has 0 spiro atoms. The normalized spacial score (nSPS) is 10.0. The van der Waals surface area contributed by atoms with Gasteiger partial charge in [0.1, 0.15) is 6.61 Å². The van der Waals surface area contributed by atoms with Crippen molar-refractivity contribution < 1.29 is 14.3 Å². The number of benzene rings is 1. The summed E-state index contributed by atoms with van der Waals surface area (Å²) in [7, 11) is 1.32. The van der Waals surface area contributed by atoms with Gasteiger partial charge in [-0.05, 0) is 30.7 Å². The number of anilines is 2. The lowest BCUT2D eigenvalue weighted by atomic mass is 10.1. The fraction of sp³-hybridized carbons (Fsp3) is 0.200. The molecular formula is C15H17N3O3. The predicted octanol–water partition coefficient (Wildman–Crippen LogP) is 2.73. The average molecular weight is 287 g/mol. The molecule has 1 heterocycles. The summed E-state index contributed by atoms with van der Waals surface area (Å²) < 4.78 is 10.3. The van der Waals surface area contributed by atoms with Crippen molar-refractivity contribution in [1.29, 1.82) is 0 Å². The molecule has 0 aliphatic carbocycles. The Morgan fingerprint density at radius 3 is 2.86 bits per heavy atom. The second kappa shape index (κ2) is 6.60. The molecule has 2 rings (SSSR count). The topological polar surface area (TPSA) is 86.5 Å². The first-order valence-corrected chi connectivity index (χ1v) is 6.38. The van der Waals surface area contributed by atoms with Gasteiger partial charge in [0.2, 0.25) is 0 Å². The minimum Gasteiger partial charge on any atom is -0.485 e. The summed E-state index contributed by atoms with van der Waals surface area (Å²) in [6.07, 6.45) is 1.07. The molecule has 2 aromatic rings. The van der Waals surface area contributed by atoms with Crippen LogP contribution in [0.15, 0.2) is 36.5 Å². The quantitative estimate of drug-likeness (QED) is 0.903. The van der Waals surface area contributed by atoms with E-state index in [9.17, 15) is 4.79 Å². The highest BCUT2D eigenvalue weighted by Crippen LogP contribution is 2.24. The fourth-order valence-corrected chi connectivity index (χ4v) is 1.85. The van der Waals surface area contributed by atoms with Crippen molar-refractivity contribution in [2.24, 2.45) is 0 Å². The predicted molar refractivity (Wildman–Crippen MR) is 80.2 cm³/mol. The first-order valence-electron chi connectivity index (χ1n) is 6.38. The molecule has 1 amide bonds. The molecule has 3 N–H and O–H groups in total. The number of nitrogen functional groups attached to an aromatic ring is 1. The zero-order chi connectivity index (χ0) is 15.2. The number of hydrogen-bond donors (Lipinski definition) is 2. The minimum atomic E-state index is -0.525. The molecule has 0 bridgehead atoms. The van der Waals surface area contributed by atoms with Gasteiger partial charge in [-0.25, -0.2) is 9.78 Å². The number of aromatic nitrogens is 1. The molecule has 0 saturated heterocycles. The number of carbonyl (C=O) groups excluding carboxylic acids is 1. The van der Waals surface area contributed by atoms with Crippen LogP contribution in [0.4, 0.5) is 16.3 Å². The van der Waals surface area contributed by atoms with Crippen molar-refractivity contribution in [3.05, 3.63) is 47.7 Å². The number of amides is 1. The number of nitrogens with one attached hydrogen (secondary N) is 1. The lowest BCUT2D eigenvalue weighted by Crippen LogP contribution is -2.14. The molecule has 6 heteroatoms. The molecule has 1 aromatic carbocycles. The van der Waals surface area contributed by atoms with Crippen molar-refractivity contribution in [3.8, 4) is 5.75 Å². The van der Waals surface area contributed by atoms with Crippen LogP contribution in [0.1, 0.15) is 11.1 Å². The highest BCUT2D eigenvalue weighted by molar-refractivity contribution is 5.85. The standard InChI is InChI=1S/C15H17N3O3/c1-10-5-3-6-12(18-15(19)20-2)11(10)9-21-13-7-4-8-17-14(13)16/h3-8H,9H2,1-2H3,(H2,16,17)(H,18,19). The number of ether oxygens (including phenoxy) is 2. The maximum Gasteiger partial charge on any atom is 0.411 e. The van der Waals surface area contributed by atoms with E-state index < -0.39 is 6.09 Å². The summed E-state index contributed by atoms with van der Waals surface area (Å²) in [6, 6.07) is 9.07. The van der Waals surface area contributed by atoms with Crippen LogP contribution in [-0.4, -0.2) is 18.2 Å². The number of aryl methyl sites for hydroxylation is 1. The summed E-state index contributed by atoms with van der Waals surface area (Å²) in [5.74, 6) is 0.832. The number of hydrogen-bond acceptors (Lipinski definition) is 5. The summed E-state index contributed by atoms with van der Waals surface area (Å²) >= 11 is 0. The minimum absolute atomic E-state index is 0.266. The molecule has 0 radical (unpaired) electrons.